The first-order valence-corrected chi connectivity index (χ1v) is 6.16. The second kappa shape index (κ2) is 4.50. The molecular formula is C13H21N3. The van der Waals surface area contributed by atoms with E-state index in [1.165, 1.54) is 19.4 Å². The van der Waals surface area contributed by atoms with Crippen molar-refractivity contribution in [2.45, 2.75) is 52.6 Å². The molecule has 1 fully saturated rings. The van der Waals surface area contributed by atoms with Gasteiger partial charge in [0.15, 0.2) is 0 Å². The van der Waals surface area contributed by atoms with Crippen LogP contribution in [0.3, 0.4) is 0 Å². The predicted octanol–water partition coefficient (Wildman–Crippen LogP) is 2.64. The van der Waals surface area contributed by atoms with Crippen molar-refractivity contribution in [3.63, 3.8) is 0 Å². The SMILES string of the molecule is Cc1cc(C)nc([C@@H]2CCCN2C(C)C)n1. The molecule has 0 aliphatic carbocycles. The number of nitrogens with zero attached hydrogens (tertiary/aromatic N) is 3. The molecule has 0 bridgehead atoms. The van der Waals surface area contributed by atoms with E-state index >= 15 is 0 Å². The number of aromatic nitrogens is 2. The second-order valence-electron chi connectivity index (χ2n) is 5.00. The van der Waals surface area contributed by atoms with Crippen molar-refractivity contribution in [2.75, 3.05) is 6.54 Å². The van der Waals surface area contributed by atoms with E-state index in [0.717, 1.165) is 17.2 Å². The summed E-state index contributed by atoms with van der Waals surface area (Å²) in [6.07, 6.45) is 2.46. The van der Waals surface area contributed by atoms with Crippen LogP contribution >= 0.6 is 0 Å². The fraction of sp³-hybridized carbons (Fsp3) is 0.692. The van der Waals surface area contributed by atoms with Gasteiger partial charge in [0, 0.05) is 17.4 Å². The van der Waals surface area contributed by atoms with E-state index in [2.05, 4.69) is 28.7 Å². The molecule has 0 amide bonds. The van der Waals surface area contributed by atoms with Crippen molar-refractivity contribution < 1.29 is 0 Å². The molecule has 16 heavy (non-hydrogen) atoms. The standard InChI is InChI=1S/C13H21N3/c1-9(2)16-7-5-6-12(16)13-14-10(3)8-11(4)15-13/h8-9,12H,5-7H2,1-4H3/t12-/m0/s1. The van der Waals surface area contributed by atoms with Gasteiger partial charge in [-0.2, -0.15) is 0 Å². The van der Waals surface area contributed by atoms with Crippen LogP contribution in [-0.2, 0) is 0 Å². The van der Waals surface area contributed by atoms with Gasteiger partial charge in [-0.25, -0.2) is 9.97 Å². The van der Waals surface area contributed by atoms with Crippen LogP contribution in [0.5, 0.6) is 0 Å². The van der Waals surface area contributed by atoms with Gasteiger partial charge in [-0.1, -0.05) is 0 Å². The molecule has 1 atom stereocenters. The van der Waals surface area contributed by atoms with Crippen molar-refractivity contribution in [2.24, 2.45) is 0 Å². The lowest BCUT2D eigenvalue weighted by Crippen LogP contribution is -2.31. The third kappa shape index (κ3) is 2.24. The second-order valence-corrected chi connectivity index (χ2v) is 5.00. The molecule has 0 radical (unpaired) electrons. The van der Waals surface area contributed by atoms with Gasteiger partial charge >= 0.3 is 0 Å². The smallest absolute Gasteiger partial charge is 0.145 e. The lowest BCUT2D eigenvalue weighted by molar-refractivity contribution is 0.198. The molecule has 88 valence electrons. The summed E-state index contributed by atoms with van der Waals surface area (Å²) in [5.74, 6) is 1.02. The van der Waals surface area contributed by atoms with Gasteiger partial charge in [0.05, 0.1) is 6.04 Å². The molecule has 1 saturated heterocycles. The van der Waals surface area contributed by atoms with Crippen LogP contribution in [0.25, 0.3) is 0 Å². The van der Waals surface area contributed by atoms with Crippen molar-refractivity contribution in [3.8, 4) is 0 Å². The Morgan fingerprint density at radius 1 is 1.25 bits per heavy atom. The van der Waals surface area contributed by atoms with Crippen LogP contribution in [0.4, 0.5) is 0 Å². The molecule has 0 unspecified atom stereocenters. The van der Waals surface area contributed by atoms with E-state index in [4.69, 9.17) is 0 Å². The summed E-state index contributed by atoms with van der Waals surface area (Å²) in [5.41, 5.74) is 2.16. The average molecular weight is 219 g/mol. The van der Waals surface area contributed by atoms with Crippen LogP contribution in [0.1, 0.15) is 49.9 Å². The molecule has 0 spiro atoms. The molecule has 0 saturated carbocycles. The normalized spacial score (nSPS) is 21.9. The highest BCUT2D eigenvalue weighted by Gasteiger charge is 2.29. The van der Waals surface area contributed by atoms with Crippen LogP contribution < -0.4 is 0 Å². The third-order valence-electron chi connectivity index (χ3n) is 3.26. The Bertz CT molecular complexity index is 353. The zero-order valence-corrected chi connectivity index (χ0v) is 10.7. The van der Waals surface area contributed by atoms with Gasteiger partial charge in [0.1, 0.15) is 5.82 Å². The van der Waals surface area contributed by atoms with Gasteiger partial charge in [-0.05, 0) is 53.1 Å². The first-order valence-electron chi connectivity index (χ1n) is 6.16. The topological polar surface area (TPSA) is 29.0 Å². The first kappa shape index (κ1) is 11.5. The van der Waals surface area contributed by atoms with Crippen LogP contribution in [0.2, 0.25) is 0 Å². The maximum absolute atomic E-state index is 4.60. The number of hydrogen-bond donors (Lipinski definition) is 0. The van der Waals surface area contributed by atoms with Crippen LogP contribution in [0.15, 0.2) is 6.07 Å². The molecule has 1 aliphatic heterocycles. The molecule has 0 aromatic carbocycles. The molecule has 0 N–H and O–H groups in total. The molecule has 3 nitrogen and oxygen atoms in total. The zero-order chi connectivity index (χ0) is 11.7. The predicted molar refractivity (Wildman–Crippen MR) is 65.3 cm³/mol. The summed E-state index contributed by atoms with van der Waals surface area (Å²) >= 11 is 0. The van der Waals surface area contributed by atoms with Crippen molar-refractivity contribution >= 4 is 0 Å². The molecule has 2 rings (SSSR count). The number of likely N-dealkylation sites (tertiary alicyclic amines) is 1. The van der Waals surface area contributed by atoms with Crippen molar-refractivity contribution in [3.05, 3.63) is 23.3 Å². The number of hydrogen-bond acceptors (Lipinski definition) is 3. The number of aryl methyl sites for hydroxylation is 2. The summed E-state index contributed by atoms with van der Waals surface area (Å²) in [5, 5.41) is 0. The molecule has 3 heteroatoms. The van der Waals surface area contributed by atoms with Gasteiger partial charge in [-0.3, -0.25) is 4.90 Å². The minimum atomic E-state index is 0.429. The van der Waals surface area contributed by atoms with Gasteiger partial charge in [0.25, 0.3) is 0 Å². The maximum atomic E-state index is 4.60. The molecular weight excluding hydrogens is 198 g/mol. The minimum Gasteiger partial charge on any atom is -0.291 e. The Morgan fingerprint density at radius 2 is 1.88 bits per heavy atom. The van der Waals surface area contributed by atoms with Crippen LogP contribution in [0, 0.1) is 13.8 Å². The van der Waals surface area contributed by atoms with E-state index in [1.807, 2.05) is 19.9 Å². The van der Waals surface area contributed by atoms with E-state index in [0.29, 0.717) is 12.1 Å². The fourth-order valence-corrected chi connectivity index (χ4v) is 2.59. The van der Waals surface area contributed by atoms with Crippen molar-refractivity contribution in [1.29, 1.82) is 0 Å². The average Bonchev–Trinajstić information content (AvgIpc) is 2.63. The Labute approximate surface area is 97.9 Å². The lowest BCUT2D eigenvalue weighted by Gasteiger charge is -2.27. The molecule has 1 aromatic rings. The highest BCUT2D eigenvalue weighted by molar-refractivity contribution is 5.11. The summed E-state index contributed by atoms with van der Waals surface area (Å²) in [4.78, 5) is 11.7. The zero-order valence-electron chi connectivity index (χ0n) is 10.7. The maximum Gasteiger partial charge on any atom is 0.145 e. The van der Waals surface area contributed by atoms with E-state index < -0.39 is 0 Å². The van der Waals surface area contributed by atoms with Crippen LogP contribution in [-0.4, -0.2) is 27.5 Å². The Hall–Kier alpha value is -0.960. The van der Waals surface area contributed by atoms with E-state index in [1.54, 1.807) is 0 Å². The van der Waals surface area contributed by atoms with Gasteiger partial charge < -0.3 is 0 Å². The highest BCUT2D eigenvalue weighted by atomic mass is 15.2. The Morgan fingerprint density at radius 3 is 2.44 bits per heavy atom. The van der Waals surface area contributed by atoms with E-state index in [9.17, 15) is 0 Å². The summed E-state index contributed by atoms with van der Waals surface area (Å²) in [6, 6.07) is 3.05. The summed E-state index contributed by atoms with van der Waals surface area (Å²) < 4.78 is 0. The quantitative estimate of drug-likeness (QED) is 0.765. The fourth-order valence-electron chi connectivity index (χ4n) is 2.59. The van der Waals surface area contributed by atoms with Gasteiger partial charge in [0.2, 0.25) is 0 Å². The Balaban J connectivity index is 2.29. The third-order valence-corrected chi connectivity index (χ3v) is 3.26. The summed E-state index contributed by atoms with van der Waals surface area (Å²) in [7, 11) is 0. The minimum absolute atomic E-state index is 0.429. The van der Waals surface area contributed by atoms with Crippen molar-refractivity contribution in [1.82, 2.24) is 14.9 Å². The highest BCUT2D eigenvalue weighted by Crippen LogP contribution is 2.31. The lowest BCUT2D eigenvalue weighted by atomic mass is 10.1. The number of rotatable bonds is 2. The molecule has 2 heterocycles. The first-order chi connectivity index (χ1) is 7.58. The monoisotopic (exact) mass is 219 g/mol. The Kier molecular flexibility index (Phi) is 3.24. The molecule has 1 aliphatic rings. The summed E-state index contributed by atoms with van der Waals surface area (Å²) in [6.45, 7) is 9.78. The largest absolute Gasteiger partial charge is 0.291 e. The van der Waals surface area contributed by atoms with E-state index in [-0.39, 0.29) is 0 Å². The molecule has 1 aromatic heterocycles. The van der Waals surface area contributed by atoms with Gasteiger partial charge in [-0.15, -0.1) is 0 Å².